The molecule has 0 spiro atoms. The van der Waals surface area contributed by atoms with E-state index in [2.05, 4.69) is 0 Å². The molecule has 2 aliphatic heterocycles. The summed E-state index contributed by atoms with van der Waals surface area (Å²) in [5, 5.41) is 9.30. The Bertz CT molecular complexity index is 1330. The number of aliphatic carboxylic acids is 1. The fourth-order valence-corrected chi connectivity index (χ4v) is 5.79. The first kappa shape index (κ1) is 34.7. The van der Waals surface area contributed by atoms with Gasteiger partial charge in [-0.2, -0.15) is 0 Å². The Morgan fingerprint density at radius 3 is 1.50 bits per heavy atom. The van der Waals surface area contributed by atoms with Crippen LogP contribution in [0.5, 0.6) is 0 Å². The number of carboxylic acids is 1. The van der Waals surface area contributed by atoms with E-state index in [1.165, 1.54) is 11.8 Å². The molecule has 0 radical (unpaired) electrons. The van der Waals surface area contributed by atoms with E-state index in [1.807, 2.05) is 74.5 Å². The van der Waals surface area contributed by atoms with E-state index in [0.717, 1.165) is 11.1 Å². The summed E-state index contributed by atoms with van der Waals surface area (Å²) < 4.78 is 32.7. The van der Waals surface area contributed by atoms with Crippen molar-refractivity contribution in [3.05, 3.63) is 71.8 Å². The molecular weight excluding hydrogens is 570 g/mol. The summed E-state index contributed by atoms with van der Waals surface area (Å²) in [5.74, 6) is -4.00. The van der Waals surface area contributed by atoms with Crippen LogP contribution in [0.3, 0.4) is 0 Å². The fourth-order valence-electron chi connectivity index (χ4n) is 5.79. The lowest BCUT2D eigenvalue weighted by Gasteiger charge is -2.31. The normalized spacial score (nSPS) is 26.6. The molecule has 2 fully saturated rings. The molecule has 6 atom stereocenters. The number of rotatable bonds is 8. The highest BCUT2D eigenvalue weighted by atomic mass is 19.1. The Labute approximate surface area is 258 Å². The third-order valence-electron chi connectivity index (χ3n) is 9.08. The molecule has 0 saturated carbocycles. The van der Waals surface area contributed by atoms with Crippen LogP contribution in [0.25, 0.3) is 0 Å². The predicted molar refractivity (Wildman–Crippen MR) is 162 cm³/mol. The molecule has 44 heavy (non-hydrogen) atoms. The van der Waals surface area contributed by atoms with Crippen molar-refractivity contribution < 1.29 is 37.8 Å². The molecule has 0 bridgehead atoms. The van der Waals surface area contributed by atoms with Crippen LogP contribution in [-0.2, 0) is 23.9 Å². The molecule has 8 nitrogen and oxygen atoms in total. The van der Waals surface area contributed by atoms with Crippen LogP contribution >= 0.6 is 0 Å². The molecule has 1 N–H and O–H groups in total. The van der Waals surface area contributed by atoms with Gasteiger partial charge in [0.2, 0.25) is 11.8 Å². The zero-order valence-electron chi connectivity index (χ0n) is 26.6. The number of hydrogen-bond acceptors (Lipinski definition) is 5. The lowest BCUT2D eigenvalue weighted by molar-refractivity contribution is -0.171. The molecule has 0 aromatic heterocycles. The van der Waals surface area contributed by atoms with Gasteiger partial charge < -0.3 is 19.6 Å². The van der Waals surface area contributed by atoms with Crippen molar-refractivity contribution in [2.24, 2.45) is 22.7 Å². The molecule has 4 rings (SSSR count). The van der Waals surface area contributed by atoms with Gasteiger partial charge in [-0.15, -0.1) is 0 Å². The minimum atomic E-state index is -1.62. The summed E-state index contributed by atoms with van der Waals surface area (Å²) in [6.45, 7) is 10.0. The Kier molecular flexibility index (Phi) is 10.6. The van der Waals surface area contributed by atoms with Crippen LogP contribution in [0.2, 0.25) is 0 Å². The van der Waals surface area contributed by atoms with Crippen LogP contribution in [0.1, 0.15) is 71.7 Å². The minimum Gasteiger partial charge on any atom is -0.481 e. The summed E-state index contributed by atoms with van der Waals surface area (Å²) in [5.41, 5.74) is -1.92. The Morgan fingerprint density at radius 1 is 0.818 bits per heavy atom. The molecule has 2 unspecified atom stereocenters. The number of likely N-dealkylation sites (tertiary alicyclic amines) is 2. The fraction of sp³-hybridized carbons (Fsp3) is 0.529. The van der Waals surface area contributed by atoms with Crippen LogP contribution < -0.4 is 0 Å². The van der Waals surface area contributed by atoms with Crippen molar-refractivity contribution in [1.82, 2.24) is 9.80 Å². The van der Waals surface area contributed by atoms with Crippen molar-refractivity contribution in [2.45, 2.75) is 66.2 Å². The molecule has 240 valence electrons. The molecule has 2 saturated heterocycles. The summed E-state index contributed by atoms with van der Waals surface area (Å²) >= 11 is 0. The quantitative estimate of drug-likeness (QED) is 0.378. The minimum absolute atomic E-state index is 0.0362. The highest BCUT2D eigenvalue weighted by Crippen LogP contribution is 2.43. The zero-order chi connectivity index (χ0) is 33.0. The maximum absolute atomic E-state index is 14.0. The molecule has 2 aromatic rings. The van der Waals surface area contributed by atoms with Gasteiger partial charge in [-0.1, -0.05) is 74.5 Å². The number of alkyl halides is 2. The van der Waals surface area contributed by atoms with E-state index in [-0.39, 0.29) is 37.0 Å². The number of carbonyl (C=O) groups excluding carboxylic acids is 3. The van der Waals surface area contributed by atoms with Gasteiger partial charge in [0, 0.05) is 13.1 Å². The molecule has 2 amide bonds. The van der Waals surface area contributed by atoms with Gasteiger partial charge in [0.15, 0.2) is 0 Å². The van der Waals surface area contributed by atoms with Crippen molar-refractivity contribution >= 4 is 23.8 Å². The number of carboxylic acid groups (broad SMARTS) is 1. The van der Waals surface area contributed by atoms with Crippen molar-refractivity contribution in [2.75, 3.05) is 26.4 Å². The van der Waals surface area contributed by atoms with E-state index in [0.29, 0.717) is 0 Å². The van der Waals surface area contributed by atoms with E-state index in [4.69, 9.17) is 4.74 Å². The number of carbonyl (C=O) groups is 4. The number of benzene rings is 2. The summed E-state index contributed by atoms with van der Waals surface area (Å²) in [7, 11) is 0. The van der Waals surface area contributed by atoms with E-state index in [1.54, 1.807) is 32.6 Å². The third kappa shape index (κ3) is 6.64. The Hall–Kier alpha value is -3.82. The topological polar surface area (TPSA) is 104 Å². The maximum Gasteiger partial charge on any atom is 0.317 e. The number of halogens is 2. The largest absolute Gasteiger partial charge is 0.481 e. The van der Waals surface area contributed by atoms with Crippen LogP contribution in [0.15, 0.2) is 60.7 Å². The predicted octanol–water partition coefficient (Wildman–Crippen LogP) is 5.79. The summed E-state index contributed by atoms with van der Waals surface area (Å²) in [6, 6.07) is 18.4. The second-order valence-electron chi connectivity index (χ2n) is 12.9. The molecule has 2 aliphatic rings. The van der Waals surface area contributed by atoms with Gasteiger partial charge in [-0.05, 0) is 45.7 Å². The average Bonchev–Trinajstić information content (AvgIpc) is 3.42. The van der Waals surface area contributed by atoms with Gasteiger partial charge in [-0.3, -0.25) is 19.2 Å². The van der Waals surface area contributed by atoms with E-state index in [9.17, 15) is 33.1 Å². The second-order valence-corrected chi connectivity index (χ2v) is 12.9. The lowest BCUT2D eigenvalue weighted by Crippen LogP contribution is -2.44. The summed E-state index contributed by atoms with van der Waals surface area (Å²) in [4.78, 5) is 52.1. The Balaban J connectivity index is 0.000000244. The summed E-state index contributed by atoms with van der Waals surface area (Å²) in [6.07, 6.45) is 0. The molecule has 10 heteroatoms. The molecule has 2 aromatic carbocycles. The second kappa shape index (κ2) is 13.4. The van der Waals surface area contributed by atoms with Gasteiger partial charge >= 0.3 is 11.9 Å². The SMILES string of the molecule is CC1C(=O)N([C@H](C)c2ccccc2)C[C@@]1(CF)C(=O)O.CC1C(=O)N([C@H](C)c2ccccc2)C[C@@]1(CF)C(=O)OC(C)(C)C. The number of ether oxygens (including phenoxy) is 1. The highest BCUT2D eigenvalue weighted by molar-refractivity contribution is 5.92. The first-order valence-corrected chi connectivity index (χ1v) is 14.9. The van der Waals surface area contributed by atoms with Gasteiger partial charge in [0.05, 0.1) is 23.9 Å². The van der Waals surface area contributed by atoms with E-state index >= 15 is 0 Å². The number of nitrogens with zero attached hydrogens (tertiary/aromatic N) is 2. The monoisotopic (exact) mass is 614 g/mol. The van der Waals surface area contributed by atoms with Crippen molar-refractivity contribution in [3.8, 4) is 0 Å². The highest BCUT2D eigenvalue weighted by Gasteiger charge is 2.58. The third-order valence-corrected chi connectivity index (χ3v) is 9.08. The first-order valence-electron chi connectivity index (χ1n) is 14.9. The molecular formula is C34H44F2N2O6. The maximum atomic E-state index is 14.0. The molecule has 0 aliphatic carbocycles. The van der Waals surface area contributed by atoms with Crippen molar-refractivity contribution in [1.29, 1.82) is 0 Å². The molecule has 2 heterocycles. The smallest absolute Gasteiger partial charge is 0.317 e. The van der Waals surface area contributed by atoms with Gasteiger partial charge in [0.1, 0.15) is 29.8 Å². The Morgan fingerprint density at radius 2 is 1.18 bits per heavy atom. The lowest BCUT2D eigenvalue weighted by atomic mass is 9.80. The average molecular weight is 615 g/mol. The van der Waals surface area contributed by atoms with Gasteiger partial charge in [-0.25, -0.2) is 8.78 Å². The first-order chi connectivity index (χ1) is 20.6. The zero-order valence-corrected chi connectivity index (χ0v) is 26.6. The van der Waals surface area contributed by atoms with Crippen LogP contribution in [0, 0.1) is 22.7 Å². The van der Waals surface area contributed by atoms with Crippen molar-refractivity contribution in [3.63, 3.8) is 0 Å². The van der Waals surface area contributed by atoms with E-state index < -0.39 is 53.6 Å². The van der Waals surface area contributed by atoms with Crippen LogP contribution in [0.4, 0.5) is 8.78 Å². The standard InChI is InChI=1S/C19H26FNO3.C15H18FNO3/c1-13-16(22)21(14(2)15-9-7-6-8-10-15)12-19(13,11-20)17(23)24-18(3,4)5;1-10-13(18)17(9-15(10,8-16)14(19)20)11(2)12-6-4-3-5-7-12/h6-10,13-14H,11-12H2,1-5H3;3-7,10-11H,8-9H2,1-2H3,(H,19,20)/t13?,14-,19-;10?,11-,15-/m11/s1. The van der Waals surface area contributed by atoms with Gasteiger partial charge in [0.25, 0.3) is 0 Å². The number of hydrogen-bond donors (Lipinski definition) is 1. The number of esters is 1. The van der Waals surface area contributed by atoms with Crippen LogP contribution in [-0.4, -0.2) is 70.7 Å². The number of amides is 2.